The molecule has 0 atom stereocenters. The average molecular weight is 388 g/mol. The summed E-state index contributed by atoms with van der Waals surface area (Å²) in [5.74, 6) is -0.577. The van der Waals surface area contributed by atoms with Crippen LogP contribution in [0.4, 0.5) is 19.2 Å². The number of hydrogen-bond acceptors (Lipinski definition) is 6. The number of hydrogen-bond donors (Lipinski definition) is 0. The maximum Gasteiger partial charge on any atom is 0.317 e. The maximum atomic E-state index is 13.6. The van der Waals surface area contributed by atoms with E-state index < -0.39 is 17.8 Å². The van der Waals surface area contributed by atoms with Gasteiger partial charge < -0.3 is 9.32 Å². The zero-order valence-corrected chi connectivity index (χ0v) is 15.0. The van der Waals surface area contributed by atoms with E-state index in [1.54, 1.807) is 35.9 Å². The highest BCUT2D eigenvalue weighted by molar-refractivity contribution is 5.80. The molecule has 4 aromatic rings. The molecule has 4 rings (SSSR count). The smallest absolute Gasteiger partial charge is 0.317 e. The Morgan fingerprint density at radius 1 is 1.11 bits per heavy atom. The summed E-state index contributed by atoms with van der Waals surface area (Å²) in [6.07, 6.45) is 0.219. The Bertz CT molecular complexity index is 1140. The third kappa shape index (κ3) is 3.28. The minimum Gasteiger partial charge on any atom is -0.406 e. The maximum absolute atomic E-state index is 13.6. The minimum absolute atomic E-state index is 0.223. The Hall–Kier alpha value is -3.43. The van der Waals surface area contributed by atoms with Crippen LogP contribution in [0.3, 0.4) is 0 Å². The SMILES string of the molecule is CN(C)c1nnc(Cn2ncc3ncc(-c4ccc(F)c(C(F)F)c4)cc32)o1. The fourth-order valence-electron chi connectivity index (χ4n) is 2.75. The largest absolute Gasteiger partial charge is 0.406 e. The van der Waals surface area contributed by atoms with Crippen molar-refractivity contribution >= 4 is 17.0 Å². The summed E-state index contributed by atoms with van der Waals surface area (Å²) in [7, 11) is 3.57. The van der Waals surface area contributed by atoms with Crippen molar-refractivity contribution in [3.05, 3.63) is 53.9 Å². The molecule has 0 saturated heterocycles. The van der Waals surface area contributed by atoms with Crippen molar-refractivity contribution in [2.75, 3.05) is 19.0 Å². The lowest BCUT2D eigenvalue weighted by atomic mass is 10.0. The summed E-state index contributed by atoms with van der Waals surface area (Å²) in [4.78, 5) is 6.00. The van der Waals surface area contributed by atoms with Crippen molar-refractivity contribution in [2.45, 2.75) is 13.0 Å². The van der Waals surface area contributed by atoms with Crippen molar-refractivity contribution < 1.29 is 17.6 Å². The Kier molecular flexibility index (Phi) is 4.46. The first-order chi connectivity index (χ1) is 13.4. The molecule has 0 N–H and O–H groups in total. The van der Waals surface area contributed by atoms with Gasteiger partial charge in [-0.05, 0) is 23.8 Å². The average Bonchev–Trinajstić information content (AvgIpc) is 3.29. The van der Waals surface area contributed by atoms with Gasteiger partial charge in [-0.3, -0.25) is 9.67 Å². The van der Waals surface area contributed by atoms with Crippen LogP contribution in [0.1, 0.15) is 17.9 Å². The number of fused-ring (bicyclic) bond motifs is 1. The first-order valence-corrected chi connectivity index (χ1v) is 8.31. The highest BCUT2D eigenvalue weighted by atomic mass is 19.3. The van der Waals surface area contributed by atoms with Gasteiger partial charge in [0.25, 0.3) is 6.43 Å². The molecule has 0 amide bonds. The standard InChI is InChI=1S/C18H15F3N6O/c1-26(2)18-25-24-16(28-18)9-27-15-6-11(7-22-14(15)8-23-27)10-3-4-13(19)12(5-10)17(20)21/h3-8,17H,9H2,1-2H3. The predicted molar refractivity (Wildman–Crippen MR) is 95.6 cm³/mol. The molecular formula is C18H15F3N6O. The molecule has 1 aromatic carbocycles. The molecule has 10 heteroatoms. The number of nitrogens with zero attached hydrogens (tertiary/aromatic N) is 6. The summed E-state index contributed by atoms with van der Waals surface area (Å²) >= 11 is 0. The van der Waals surface area contributed by atoms with E-state index in [2.05, 4.69) is 20.3 Å². The number of halogens is 3. The van der Waals surface area contributed by atoms with Crippen molar-refractivity contribution in [3.8, 4) is 11.1 Å². The third-order valence-corrected chi connectivity index (χ3v) is 4.18. The molecule has 0 aliphatic rings. The van der Waals surface area contributed by atoms with E-state index >= 15 is 0 Å². The van der Waals surface area contributed by atoms with E-state index in [-0.39, 0.29) is 6.54 Å². The summed E-state index contributed by atoms with van der Waals surface area (Å²) in [5, 5.41) is 12.2. The van der Waals surface area contributed by atoms with Gasteiger partial charge >= 0.3 is 6.01 Å². The Balaban J connectivity index is 1.71. The number of benzene rings is 1. The van der Waals surface area contributed by atoms with E-state index in [1.165, 1.54) is 12.3 Å². The van der Waals surface area contributed by atoms with Gasteiger partial charge in [-0.1, -0.05) is 11.2 Å². The highest BCUT2D eigenvalue weighted by Gasteiger charge is 2.16. The molecule has 28 heavy (non-hydrogen) atoms. The van der Waals surface area contributed by atoms with Gasteiger partial charge in [-0.15, -0.1) is 5.10 Å². The number of alkyl halides is 2. The highest BCUT2D eigenvalue weighted by Crippen LogP contribution is 2.29. The van der Waals surface area contributed by atoms with Gasteiger partial charge in [0.05, 0.1) is 17.3 Å². The topological polar surface area (TPSA) is 72.9 Å². The third-order valence-electron chi connectivity index (χ3n) is 4.18. The minimum atomic E-state index is -2.90. The van der Waals surface area contributed by atoms with Crippen molar-refractivity contribution in [2.24, 2.45) is 0 Å². The number of pyridine rings is 1. The molecule has 0 fully saturated rings. The van der Waals surface area contributed by atoms with Crippen molar-refractivity contribution in [3.63, 3.8) is 0 Å². The number of rotatable bonds is 5. The Labute approximate surface area is 157 Å². The molecule has 0 unspecified atom stereocenters. The first-order valence-electron chi connectivity index (χ1n) is 8.31. The molecule has 7 nitrogen and oxygen atoms in total. The van der Waals surface area contributed by atoms with E-state index in [0.717, 1.165) is 12.1 Å². The van der Waals surface area contributed by atoms with Crippen LogP contribution in [-0.2, 0) is 6.54 Å². The summed E-state index contributed by atoms with van der Waals surface area (Å²) < 4.78 is 46.7. The Morgan fingerprint density at radius 3 is 2.64 bits per heavy atom. The number of aromatic nitrogens is 5. The predicted octanol–water partition coefficient (Wildman–Crippen LogP) is 3.67. The lowest BCUT2D eigenvalue weighted by Crippen LogP contribution is -2.08. The summed E-state index contributed by atoms with van der Waals surface area (Å²) in [5.41, 5.74) is 1.63. The zero-order chi connectivity index (χ0) is 19.8. The molecule has 0 saturated carbocycles. The molecule has 144 valence electrons. The fraction of sp³-hybridized carbons (Fsp3) is 0.222. The molecule has 3 aromatic heterocycles. The van der Waals surface area contributed by atoms with Crippen LogP contribution in [0, 0.1) is 5.82 Å². The van der Waals surface area contributed by atoms with Gasteiger partial charge in [0.1, 0.15) is 17.9 Å². The van der Waals surface area contributed by atoms with Crippen LogP contribution >= 0.6 is 0 Å². The first kappa shape index (κ1) is 18.0. The molecular weight excluding hydrogens is 373 g/mol. The van der Waals surface area contributed by atoms with Crippen LogP contribution < -0.4 is 4.90 Å². The molecule has 0 bridgehead atoms. The lowest BCUT2D eigenvalue weighted by Gasteiger charge is -2.07. The van der Waals surface area contributed by atoms with Gasteiger partial charge in [0, 0.05) is 25.9 Å². The van der Waals surface area contributed by atoms with E-state index in [4.69, 9.17) is 4.42 Å². The van der Waals surface area contributed by atoms with Crippen molar-refractivity contribution in [1.82, 2.24) is 25.0 Å². The van der Waals surface area contributed by atoms with E-state index in [9.17, 15) is 13.2 Å². The summed E-state index contributed by atoms with van der Waals surface area (Å²) in [6, 6.07) is 5.72. The molecule has 0 aliphatic heterocycles. The van der Waals surface area contributed by atoms with Crippen LogP contribution in [0.2, 0.25) is 0 Å². The van der Waals surface area contributed by atoms with Crippen LogP contribution in [0.15, 0.2) is 41.1 Å². The Morgan fingerprint density at radius 2 is 1.93 bits per heavy atom. The molecule has 0 spiro atoms. The van der Waals surface area contributed by atoms with Crippen LogP contribution in [0.25, 0.3) is 22.2 Å². The van der Waals surface area contributed by atoms with Gasteiger partial charge in [0.2, 0.25) is 5.89 Å². The molecule has 3 heterocycles. The van der Waals surface area contributed by atoms with Gasteiger partial charge in [-0.25, -0.2) is 13.2 Å². The van der Waals surface area contributed by atoms with Crippen LogP contribution in [0.5, 0.6) is 0 Å². The second-order valence-electron chi connectivity index (χ2n) is 6.34. The summed E-state index contributed by atoms with van der Waals surface area (Å²) in [6.45, 7) is 0.223. The fourth-order valence-corrected chi connectivity index (χ4v) is 2.75. The second kappa shape index (κ2) is 6.95. The molecule has 0 aliphatic carbocycles. The van der Waals surface area contributed by atoms with E-state index in [1.807, 2.05) is 0 Å². The van der Waals surface area contributed by atoms with E-state index in [0.29, 0.717) is 34.1 Å². The van der Waals surface area contributed by atoms with Gasteiger partial charge in [0.15, 0.2) is 0 Å². The zero-order valence-electron chi connectivity index (χ0n) is 15.0. The second-order valence-corrected chi connectivity index (χ2v) is 6.34. The van der Waals surface area contributed by atoms with Crippen LogP contribution in [-0.4, -0.2) is 39.1 Å². The molecule has 0 radical (unpaired) electrons. The van der Waals surface area contributed by atoms with Crippen molar-refractivity contribution in [1.29, 1.82) is 0 Å². The van der Waals surface area contributed by atoms with Gasteiger partial charge in [-0.2, -0.15) is 5.10 Å². The number of anilines is 1. The lowest BCUT2D eigenvalue weighted by molar-refractivity contribution is 0.146. The normalized spacial score (nSPS) is 11.5. The quantitative estimate of drug-likeness (QED) is 0.519. The monoisotopic (exact) mass is 388 g/mol.